The molecule has 0 saturated heterocycles. The zero-order valence-electron chi connectivity index (χ0n) is 18.6. The van der Waals surface area contributed by atoms with Crippen LogP contribution in [0.1, 0.15) is 44.8 Å². The number of methoxy groups -OCH3 is 1. The third-order valence-electron chi connectivity index (χ3n) is 7.05. The van der Waals surface area contributed by atoms with Gasteiger partial charge in [0, 0.05) is 30.6 Å². The molecule has 5 rings (SSSR count). The van der Waals surface area contributed by atoms with Crippen LogP contribution in [0.15, 0.2) is 47.5 Å². The fourth-order valence-corrected chi connectivity index (χ4v) is 5.21. The normalized spacial score (nSPS) is 21.4. The Bertz CT molecular complexity index is 1340. The number of hydrogen-bond acceptors (Lipinski definition) is 4. The number of benzene rings is 1. The highest BCUT2D eigenvalue weighted by atomic mass is 35.5. The molecule has 1 aliphatic rings. The van der Waals surface area contributed by atoms with E-state index in [0.717, 1.165) is 35.2 Å². The summed E-state index contributed by atoms with van der Waals surface area (Å²) in [6.07, 6.45) is 7.04. The molecule has 0 N–H and O–H groups in total. The van der Waals surface area contributed by atoms with Crippen LogP contribution in [0.3, 0.4) is 0 Å². The van der Waals surface area contributed by atoms with Crippen molar-refractivity contribution in [3.8, 4) is 11.1 Å². The van der Waals surface area contributed by atoms with Crippen LogP contribution in [0.2, 0.25) is 5.02 Å². The van der Waals surface area contributed by atoms with Gasteiger partial charge in [0.05, 0.1) is 28.8 Å². The largest absolute Gasteiger partial charge is 0.378 e. The van der Waals surface area contributed by atoms with Crippen molar-refractivity contribution >= 4 is 28.2 Å². The monoisotopic (exact) mass is 450 g/mol. The van der Waals surface area contributed by atoms with E-state index in [1.54, 1.807) is 17.8 Å². The van der Waals surface area contributed by atoms with Crippen LogP contribution in [-0.4, -0.2) is 26.3 Å². The summed E-state index contributed by atoms with van der Waals surface area (Å²) in [5.74, 6) is 1.08. The van der Waals surface area contributed by atoms with Crippen molar-refractivity contribution in [2.75, 3.05) is 7.11 Å². The molecule has 0 bridgehead atoms. The molecule has 7 heteroatoms. The Balaban J connectivity index is 1.70. The van der Waals surface area contributed by atoms with Crippen LogP contribution in [0.4, 0.5) is 0 Å². The van der Waals surface area contributed by atoms with Crippen molar-refractivity contribution in [2.45, 2.75) is 45.8 Å². The first-order chi connectivity index (χ1) is 15.5. The molecule has 1 aromatic carbocycles. The van der Waals surface area contributed by atoms with Crippen LogP contribution < -0.4 is 5.56 Å². The van der Waals surface area contributed by atoms with Gasteiger partial charge >= 0.3 is 0 Å². The zero-order chi connectivity index (χ0) is 22.4. The van der Waals surface area contributed by atoms with Crippen LogP contribution in [-0.2, 0) is 11.3 Å². The van der Waals surface area contributed by atoms with Gasteiger partial charge < -0.3 is 9.30 Å². The quantitative estimate of drug-likeness (QED) is 0.411. The molecule has 1 fully saturated rings. The number of halogens is 1. The number of hydrogen-bond donors (Lipinski definition) is 0. The summed E-state index contributed by atoms with van der Waals surface area (Å²) in [5.41, 5.74) is 4.08. The minimum absolute atomic E-state index is 0.000292. The maximum absolute atomic E-state index is 13.5. The summed E-state index contributed by atoms with van der Waals surface area (Å²) in [5, 5.41) is 6.04. The predicted octanol–water partition coefficient (Wildman–Crippen LogP) is 5.51. The van der Waals surface area contributed by atoms with Gasteiger partial charge in [-0.15, -0.1) is 0 Å². The molecular weight excluding hydrogens is 424 g/mol. The summed E-state index contributed by atoms with van der Waals surface area (Å²) in [6.45, 7) is 4.89. The molecule has 3 heterocycles. The number of ether oxygens (including phenoxy) is 1. The first-order valence-electron chi connectivity index (χ1n) is 11.2. The summed E-state index contributed by atoms with van der Waals surface area (Å²) in [4.78, 5) is 18.2. The van der Waals surface area contributed by atoms with Crippen LogP contribution >= 0.6 is 11.6 Å². The molecule has 3 atom stereocenters. The lowest BCUT2D eigenvalue weighted by Gasteiger charge is -2.35. The van der Waals surface area contributed by atoms with Crippen LogP contribution in [0.5, 0.6) is 0 Å². The average Bonchev–Trinajstić information content (AvgIpc) is 3.15. The Labute approximate surface area is 191 Å². The summed E-state index contributed by atoms with van der Waals surface area (Å²) >= 11 is 6.09. The van der Waals surface area contributed by atoms with Crippen molar-refractivity contribution in [3.05, 3.63) is 63.8 Å². The highest BCUT2D eigenvalue weighted by molar-refractivity contribution is 6.30. The van der Waals surface area contributed by atoms with Crippen molar-refractivity contribution in [1.29, 1.82) is 0 Å². The van der Waals surface area contributed by atoms with Crippen molar-refractivity contribution in [2.24, 2.45) is 11.8 Å². The summed E-state index contributed by atoms with van der Waals surface area (Å²) in [7, 11) is 1.65. The van der Waals surface area contributed by atoms with E-state index in [1.807, 2.05) is 41.1 Å². The number of rotatable bonds is 4. The predicted molar refractivity (Wildman–Crippen MR) is 127 cm³/mol. The van der Waals surface area contributed by atoms with Crippen molar-refractivity contribution in [3.63, 3.8) is 0 Å². The molecule has 0 aliphatic heterocycles. The van der Waals surface area contributed by atoms with Crippen molar-refractivity contribution in [1.82, 2.24) is 19.2 Å². The van der Waals surface area contributed by atoms with Gasteiger partial charge in [0.25, 0.3) is 5.56 Å². The maximum atomic E-state index is 13.5. The van der Waals surface area contributed by atoms with E-state index in [-0.39, 0.29) is 11.6 Å². The van der Waals surface area contributed by atoms with Gasteiger partial charge in [0.2, 0.25) is 0 Å². The fraction of sp³-hybridized carbons (Fsp3) is 0.400. The minimum Gasteiger partial charge on any atom is -0.378 e. The Morgan fingerprint density at radius 2 is 1.94 bits per heavy atom. The van der Waals surface area contributed by atoms with Gasteiger partial charge in [-0.05, 0) is 42.0 Å². The van der Waals surface area contributed by atoms with E-state index in [2.05, 4.69) is 13.8 Å². The van der Waals surface area contributed by atoms with E-state index in [1.165, 1.54) is 6.42 Å². The smallest absolute Gasteiger partial charge is 0.261 e. The third-order valence-corrected chi connectivity index (χ3v) is 7.30. The van der Waals surface area contributed by atoms with E-state index in [4.69, 9.17) is 26.4 Å². The number of nitrogens with zero attached hydrogens (tertiary/aromatic N) is 4. The molecule has 0 amide bonds. The van der Waals surface area contributed by atoms with Crippen LogP contribution in [0, 0.1) is 11.8 Å². The molecule has 0 spiro atoms. The molecular formula is C25H27ClN4O2. The molecule has 4 aromatic rings. The van der Waals surface area contributed by atoms with Gasteiger partial charge in [-0.3, -0.25) is 4.79 Å². The topological polar surface area (TPSA) is 61.4 Å². The maximum Gasteiger partial charge on any atom is 0.261 e. The minimum atomic E-state index is -0.000292. The van der Waals surface area contributed by atoms with Gasteiger partial charge in [0.15, 0.2) is 5.65 Å². The molecule has 0 unspecified atom stereocenters. The molecule has 3 aromatic heterocycles. The standard InChI is InChI=1S/C25H27ClN4O2/c1-15-5-4-6-21(16(15)2)29-12-11-22-19(25(29)31)13-27-24-23(17-7-9-18(26)10-8-17)20(14-32-3)28-30(22)24/h7-13,15-16,21H,4-6,14H2,1-3H3/t15-,16+,21+/m1/s1. The van der Waals surface area contributed by atoms with Gasteiger partial charge in [-0.2, -0.15) is 5.10 Å². The Morgan fingerprint density at radius 3 is 2.69 bits per heavy atom. The first kappa shape index (κ1) is 21.2. The lowest BCUT2D eigenvalue weighted by molar-refractivity contribution is 0.181. The zero-order valence-corrected chi connectivity index (χ0v) is 19.3. The molecule has 6 nitrogen and oxygen atoms in total. The highest BCUT2D eigenvalue weighted by Crippen LogP contribution is 2.37. The average molecular weight is 451 g/mol. The second-order valence-electron chi connectivity index (χ2n) is 8.92. The number of pyridine rings is 1. The van der Waals surface area contributed by atoms with Crippen molar-refractivity contribution < 1.29 is 4.74 Å². The number of aromatic nitrogens is 4. The second-order valence-corrected chi connectivity index (χ2v) is 9.35. The number of fused-ring (bicyclic) bond motifs is 3. The third kappa shape index (κ3) is 3.42. The van der Waals surface area contributed by atoms with Gasteiger partial charge in [-0.25, -0.2) is 9.50 Å². The van der Waals surface area contributed by atoms with Crippen LogP contribution in [0.25, 0.3) is 27.7 Å². The highest BCUT2D eigenvalue weighted by Gasteiger charge is 2.29. The van der Waals surface area contributed by atoms with E-state index in [0.29, 0.717) is 34.5 Å². The Morgan fingerprint density at radius 1 is 1.16 bits per heavy atom. The van der Waals surface area contributed by atoms with Gasteiger partial charge in [-0.1, -0.05) is 50.4 Å². The lowest BCUT2D eigenvalue weighted by Crippen LogP contribution is -2.33. The SMILES string of the molecule is COCc1nn2c(ncc3c(=O)n([C@H]4CCC[C@@H](C)[C@@H]4C)ccc32)c1-c1ccc(Cl)cc1. The Kier molecular flexibility index (Phi) is 5.51. The van der Waals surface area contributed by atoms with E-state index >= 15 is 0 Å². The molecule has 166 valence electrons. The first-order valence-corrected chi connectivity index (χ1v) is 11.5. The molecule has 0 radical (unpaired) electrons. The summed E-state index contributed by atoms with van der Waals surface area (Å²) in [6, 6.07) is 9.82. The van der Waals surface area contributed by atoms with E-state index < -0.39 is 0 Å². The van der Waals surface area contributed by atoms with Gasteiger partial charge in [0.1, 0.15) is 0 Å². The lowest BCUT2D eigenvalue weighted by atomic mass is 9.78. The summed E-state index contributed by atoms with van der Waals surface area (Å²) < 4.78 is 9.09. The molecule has 32 heavy (non-hydrogen) atoms. The molecule has 1 aliphatic carbocycles. The van der Waals surface area contributed by atoms with E-state index in [9.17, 15) is 4.79 Å². The Hall–Kier alpha value is -2.70. The molecule has 1 saturated carbocycles. The fourth-order valence-electron chi connectivity index (χ4n) is 5.09. The second kappa shape index (κ2) is 8.34.